The number of rotatable bonds is 3. The van der Waals surface area contributed by atoms with Crippen molar-refractivity contribution in [3.8, 4) is 0 Å². The van der Waals surface area contributed by atoms with Crippen LogP contribution in [0.4, 0.5) is 0 Å². The van der Waals surface area contributed by atoms with Gasteiger partial charge in [0.2, 0.25) is 0 Å². The summed E-state index contributed by atoms with van der Waals surface area (Å²) in [6.45, 7) is 0.516. The van der Waals surface area contributed by atoms with Crippen LogP contribution in [0.25, 0.3) is 0 Å². The Bertz CT molecular complexity index is 254. The first kappa shape index (κ1) is 10.9. The zero-order valence-electron chi connectivity index (χ0n) is 7.63. The molecule has 2 N–H and O–H groups in total. The Morgan fingerprint density at radius 1 is 1.23 bits per heavy atom. The third kappa shape index (κ3) is 2.38. The summed E-state index contributed by atoms with van der Waals surface area (Å²) >= 11 is 0. The van der Waals surface area contributed by atoms with Gasteiger partial charge in [0.15, 0.2) is 0 Å². The van der Waals surface area contributed by atoms with E-state index in [4.69, 9.17) is 14.6 Å². The molecular formula is C6H14N2O4S. The topological polar surface area (TPSA) is 81.9 Å². The molecule has 1 rings (SSSR count). The van der Waals surface area contributed by atoms with Crippen LogP contribution in [-0.4, -0.2) is 52.2 Å². The van der Waals surface area contributed by atoms with Gasteiger partial charge in [-0.1, -0.05) is 0 Å². The predicted octanol–water partition coefficient (Wildman–Crippen LogP) is -1.46. The van der Waals surface area contributed by atoms with E-state index in [0.29, 0.717) is 0 Å². The van der Waals surface area contributed by atoms with Crippen molar-refractivity contribution in [1.29, 1.82) is 0 Å². The molecule has 0 bridgehead atoms. The van der Waals surface area contributed by atoms with E-state index in [9.17, 15) is 8.42 Å². The van der Waals surface area contributed by atoms with Gasteiger partial charge in [0.05, 0.1) is 12.2 Å². The van der Waals surface area contributed by atoms with Gasteiger partial charge in [0, 0.05) is 27.3 Å². The van der Waals surface area contributed by atoms with Crippen LogP contribution in [0.1, 0.15) is 0 Å². The van der Waals surface area contributed by atoms with Gasteiger partial charge in [0.1, 0.15) is 0 Å². The summed E-state index contributed by atoms with van der Waals surface area (Å²) < 4.78 is 33.2. The maximum absolute atomic E-state index is 10.9. The number of ether oxygens (including phenoxy) is 2. The summed E-state index contributed by atoms with van der Waals surface area (Å²) in [7, 11) is -0.581. The van der Waals surface area contributed by atoms with Gasteiger partial charge in [-0.15, -0.1) is 0 Å². The Hall–Kier alpha value is -0.210. The van der Waals surface area contributed by atoms with Crippen LogP contribution in [0.2, 0.25) is 0 Å². The fourth-order valence-electron chi connectivity index (χ4n) is 1.37. The molecule has 1 fully saturated rings. The Balaban J connectivity index is 2.69. The van der Waals surface area contributed by atoms with E-state index in [-0.39, 0.29) is 25.3 Å². The number of hydrogen-bond donors (Lipinski definition) is 1. The fraction of sp³-hybridized carbons (Fsp3) is 1.00. The van der Waals surface area contributed by atoms with Crippen LogP contribution < -0.4 is 5.14 Å². The lowest BCUT2D eigenvalue weighted by Gasteiger charge is -2.13. The molecule has 0 unspecified atom stereocenters. The van der Waals surface area contributed by atoms with E-state index >= 15 is 0 Å². The normalized spacial score (nSPS) is 31.0. The summed E-state index contributed by atoms with van der Waals surface area (Å²) in [5.74, 6) is 0. The molecule has 6 nitrogen and oxygen atoms in total. The predicted molar refractivity (Wildman–Crippen MR) is 46.3 cm³/mol. The molecule has 1 heterocycles. The molecule has 2 atom stereocenters. The summed E-state index contributed by atoms with van der Waals surface area (Å²) in [6.07, 6.45) is -0.466. The van der Waals surface area contributed by atoms with Crippen molar-refractivity contribution < 1.29 is 17.9 Å². The van der Waals surface area contributed by atoms with Crippen molar-refractivity contribution in [2.24, 2.45) is 5.14 Å². The third-order valence-corrected chi connectivity index (χ3v) is 3.17. The number of methoxy groups -OCH3 is 2. The average Bonchev–Trinajstić information content (AvgIpc) is 2.45. The molecule has 13 heavy (non-hydrogen) atoms. The van der Waals surface area contributed by atoms with E-state index in [0.717, 1.165) is 4.31 Å². The maximum atomic E-state index is 10.9. The second-order valence-corrected chi connectivity index (χ2v) is 4.46. The molecule has 0 aromatic carbocycles. The van der Waals surface area contributed by atoms with Crippen LogP contribution >= 0.6 is 0 Å². The first-order chi connectivity index (χ1) is 5.99. The monoisotopic (exact) mass is 210 g/mol. The molecule has 1 aliphatic heterocycles. The van der Waals surface area contributed by atoms with Gasteiger partial charge in [-0.05, 0) is 0 Å². The molecule has 7 heteroatoms. The van der Waals surface area contributed by atoms with Gasteiger partial charge >= 0.3 is 0 Å². The Morgan fingerprint density at radius 2 is 1.62 bits per heavy atom. The zero-order valence-corrected chi connectivity index (χ0v) is 8.45. The summed E-state index contributed by atoms with van der Waals surface area (Å²) in [5, 5.41) is 4.96. The lowest BCUT2D eigenvalue weighted by atomic mass is 10.3. The Kier molecular flexibility index (Phi) is 3.25. The molecule has 0 aromatic rings. The van der Waals surface area contributed by atoms with Gasteiger partial charge < -0.3 is 9.47 Å². The molecule has 1 aliphatic rings. The van der Waals surface area contributed by atoms with Crippen molar-refractivity contribution in [1.82, 2.24) is 4.31 Å². The molecular weight excluding hydrogens is 196 g/mol. The quantitative estimate of drug-likeness (QED) is 0.617. The number of hydrogen-bond acceptors (Lipinski definition) is 4. The Morgan fingerprint density at radius 3 is 1.85 bits per heavy atom. The highest BCUT2D eigenvalue weighted by atomic mass is 32.2. The second-order valence-electron chi connectivity index (χ2n) is 2.91. The van der Waals surface area contributed by atoms with Crippen LogP contribution in [0, 0.1) is 0 Å². The minimum absolute atomic E-state index is 0.233. The van der Waals surface area contributed by atoms with Crippen molar-refractivity contribution >= 4 is 10.2 Å². The number of nitrogens with zero attached hydrogens (tertiary/aromatic N) is 1. The summed E-state index contributed by atoms with van der Waals surface area (Å²) in [6, 6.07) is 0. The highest BCUT2D eigenvalue weighted by Gasteiger charge is 2.37. The van der Waals surface area contributed by atoms with E-state index in [1.165, 1.54) is 14.2 Å². The van der Waals surface area contributed by atoms with Crippen molar-refractivity contribution in [2.45, 2.75) is 12.2 Å². The fourth-order valence-corrected chi connectivity index (χ4v) is 2.08. The van der Waals surface area contributed by atoms with Gasteiger partial charge in [-0.2, -0.15) is 12.7 Å². The lowest BCUT2D eigenvalue weighted by molar-refractivity contribution is -0.00461. The molecule has 0 amide bonds. The van der Waals surface area contributed by atoms with Gasteiger partial charge in [-0.3, -0.25) is 0 Å². The lowest BCUT2D eigenvalue weighted by Crippen LogP contribution is -2.35. The van der Waals surface area contributed by atoms with Crippen molar-refractivity contribution in [3.05, 3.63) is 0 Å². The Labute approximate surface area is 77.8 Å². The second kappa shape index (κ2) is 3.89. The van der Waals surface area contributed by atoms with E-state index in [2.05, 4.69) is 0 Å². The van der Waals surface area contributed by atoms with E-state index in [1.54, 1.807) is 0 Å². The average molecular weight is 210 g/mol. The molecule has 0 aliphatic carbocycles. The van der Waals surface area contributed by atoms with Crippen molar-refractivity contribution in [3.63, 3.8) is 0 Å². The highest BCUT2D eigenvalue weighted by Crippen LogP contribution is 2.16. The SMILES string of the molecule is CO[C@H]1CN(S(N)(=O)=O)C[C@H]1OC. The van der Waals surface area contributed by atoms with Crippen LogP contribution in [0.3, 0.4) is 0 Å². The molecule has 1 saturated heterocycles. The minimum atomic E-state index is -3.62. The highest BCUT2D eigenvalue weighted by molar-refractivity contribution is 7.86. The third-order valence-electron chi connectivity index (χ3n) is 2.15. The number of nitrogens with two attached hydrogens (primary N) is 1. The van der Waals surface area contributed by atoms with Gasteiger partial charge in [-0.25, -0.2) is 5.14 Å². The maximum Gasteiger partial charge on any atom is 0.277 e. The first-order valence-electron chi connectivity index (χ1n) is 3.82. The summed E-state index contributed by atoms with van der Waals surface area (Å²) in [4.78, 5) is 0. The minimum Gasteiger partial charge on any atom is -0.377 e. The summed E-state index contributed by atoms with van der Waals surface area (Å²) in [5.41, 5.74) is 0. The smallest absolute Gasteiger partial charge is 0.277 e. The molecule has 78 valence electrons. The zero-order chi connectivity index (χ0) is 10.1. The molecule has 0 aromatic heterocycles. The van der Waals surface area contributed by atoms with Crippen molar-refractivity contribution in [2.75, 3.05) is 27.3 Å². The van der Waals surface area contributed by atoms with Crippen LogP contribution in [0.15, 0.2) is 0 Å². The first-order valence-corrected chi connectivity index (χ1v) is 5.33. The van der Waals surface area contributed by atoms with E-state index in [1.807, 2.05) is 0 Å². The van der Waals surface area contributed by atoms with Crippen LogP contribution in [-0.2, 0) is 19.7 Å². The molecule has 0 spiro atoms. The molecule has 0 saturated carbocycles. The molecule has 0 radical (unpaired) electrons. The largest absolute Gasteiger partial charge is 0.377 e. The van der Waals surface area contributed by atoms with Gasteiger partial charge in [0.25, 0.3) is 10.2 Å². The van der Waals surface area contributed by atoms with E-state index < -0.39 is 10.2 Å². The van der Waals surface area contributed by atoms with Crippen LogP contribution in [0.5, 0.6) is 0 Å². The standard InChI is InChI=1S/C6H14N2O4S/c1-11-5-3-8(13(7,9)10)4-6(5)12-2/h5-6H,3-4H2,1-2H3,(H2,7,9,10)/t5-,6+.